The van der Waals surface area contributed by atoms with Crippen LogP contribution in [0.5, 0.6) is 5.75 Å². The van der Waals surface area contributed by atoms with Crippen molar-refractivity contribution in [2.75, 3.05) is 13.2 Å². The lowest BCUT2D eigenvalue weighted by atomic mass is 9.96. The molecule has 1 aromatic rings. The number of carbonyl (C=O) groups excluding carboxylic acids is 1. The molecular weight excluding hydrogens is 252 g/mol. The monoisotopic (exact) mass is 276 g/mol. The summed E-state index contributed by atoms with van der Waals surface area (Å²) in [4.78, 5) is 14.2. The molecule has 0 spiro atoms. The molecule has 1 amide bonds. The molecule has 0 bridgehead atoms. The van der Waals surface area contributed by atoms with Crippen molar-refractivity contribution < 1.29 is 9.53 Å². The Hall–Kier alpha value is -1.55. The summed E-state index contributed by atoms with van der Waals surface area (Å²) in [6.07, 6.45) is 3.67. The fourth-order valence-electron chi connectivity index (χ4n) is 2.73. The molecule has 1 aromatic carbocycles. The summed E-state index contributed by atoms with van der Waals surface area (Å²) >= 11 is 0. The number of benzene rings is 1. The minimum atomic E-state index is 0.0364. The molecule has 2 rings (SSSR count). The van der Waals surface area contributed by atoms with Gasteiger partial charge in [0, 0.05) is 18.6 Å². The van der Waals surface area contributed by atoms with Crippen LogP contribution in [0.4, 0.5) is 0 Å². The molecule has 1 fully saturated rings. The Kier molecular flexibility index (Phi) is 5.41. The van der Waals surface area contributed by atoms with Crippen molar-refractivity contribution >= 4 is 5.91 Å². The molecule has 2 atom stereocenters. The van der Waals surface area contributed by atoms with Crippen LogP contribution < -0.4 is 10.5 Å². The lowest BCUT2D eigenvalue weighted by molar-refractivity contribution is -0.135. The summed E-state index contributed by atoms with van der Waals surface area (Å²) in [5, 5.41) is 0. The van der Waals surface area contributed by atoms with Crippen LogP contribution >= 0.6 is 0 Å². The normalized spacial score (nSPS) is 20.5. The van der Waals surface area contributed by atoms with Crippen molar-refractivity contribution in [2.45, 2.75) is 44.7 Å². The van der Waals surface area contributed by atoms with Crippen molar-refractivity contribution in [2.24, 2.45) is 5.73 Å². The van der Waals surface area contributed by atoms with Crippen LogP contribution in [-0.2, 0) is 4.79 Å². The summed E-state index contributed by atoms with van der Waals surface area (Å²) < 4.78 is 5.58. The fourth-order valence-corrected chi connectivity index (χ4v) is 2.73. The minimum absolute atomic E-state index is 0.0364. The molecule has 2 unspecified atom stereocenters. The number of ether oxygens (including phenoxy) is 1. The summed E-state index contributed by atoms with van der Waals surface area (Å²) in [5.74, 6) is 0.964. The zero-order valence-corrected chi connectivity index (χ0v) is 12.1. The van der Waals surface area contributed by atoms with Crippen molar-refractivity contribution in [3.63, 3.8) is 0 Å². The molecule has 1 aliphatic heterocycles. The smallest absolute Gasteiger partial charge is 0.226 e. The predicted octanol–water partition coefficient (Wildman–Crippen LogP) is 2.18. The Morgan fingerprint density at radius 2 is 2.15 bits per heavy atom. The quantitative estimate of drug-likeness (QED) is 0.897. The molecule has 0 aliphatic carbocycles. The molecular formula is C16H24N2O2. The Bertz CT molecular complexity index is 420. The highest BCUT2D eigenvalue weighted by atomic mass is 16.5. The number of hydrogen-bond donors (Lipinski definition) is 1. The van der Waals surface area contributed by atoms with Gasteiger partial charge in [-0.05, 0) is 38.3 Å². The third-order valence-corrected chi connectivity index (χ3v) is 3.80. The first-order valence-electron chi connectivity index (χ1n) is 7.41. The number of para-hydroxylation sites is 1. The number of hydrogen-bond acceptors (Lipinski definition) is 3. The van der Waals surface area contributed by atoms with Gasteiger partial charge in [-0.15, -0.1) is 0 Å². The van der Waals surface area contributed by atoms with E-state index in [1.54, 1.807) is 0 Å². The number of rotatable bonds is 5. The fraction of sp³-hybridized carbons (Fsp3) is 0.562. The van der Waals surface area contributed by atoms with Gasteiger partial charge in [0.1, 0.15) is 5.75 Å². The number of nitrogens with two attached hydrogens (primary N) is 1. The molecule has 4 heteroatoms. The first-order valence-corrected chi connectivity index (χ1v) is 7.41. The van der Waals surface area contributed by atoms with Gasteiger partial charge in [-0.3, -0.25) is 4.79 Å². The topological polar surface area (TPSA) is 55.6 Å². The van der Waals surface area contributed by atoms with E-state index < -0.39 is 0 Å². The van der Waals surface area contributed by atoms with Gasteiger partial charge < -0.3 is 15.4 Å². The second-order valence-electron chi connectivity index (χ2n) is 5.42. The molecule has 1 saturated heterocycles. The van der Waals surface area contributed by atoms with Crippen LogP contribution in [0.15, 0.2) is 30.3 Å². The third-order valence-electron chi connectivity index (χ3n) is 3.80. The van der Waals surface area contributed by atoms with Crippen LogP contribution in [0.2, 0.25) is 0 Å². The molecule has 110 valence electrons. The van der Waals surface area contributed by atoms with E-state index in [4.69, 9.17) is 10.5 Å². The van der Waals surface area contributed by atoms with Crippen molar-refractivity contribution in [1.29, 1.82) is 0 Å². The molecule has 0 radical (unpaired) electrons. The minimum Gasteiger partial charge on any atom is -0.493 e. The predicted molar refractivity (Wildman–Crippen MR) is 79.6 cm³/mol. The van der Waals surface area contributed by atoms with E-state index in [1.807, 2.05) is 42.2 Å². The lowest BCUT2D eigenvalue weighted by Crippen LogP contribution is -2.51. The van der Waals surface area contributed by atoms with E-state index >= 15 is 0 Å². The molecule has 0 saturated carbocycles. The van der Waals surface area contributed by atoms with Crippen molar-refractivity contribution in [3.05, 3.63) is 30.3 Å². The highest BCUT2D eigenvalue weighted by Crippen LogP contribution is 2.20. The maximum absolute atomic E-state index is 12.3. The first-order chi connectivity index (χ1) is 9.68. The molecule has 1 aliphatic rings. The van der Waals surface area contributed by atoms with Gasteiger partial charge in [0.05, 0.1) is 13.0 Å². The summed E-state index contributed by atoms with van der Waals surface area (Å²) in [7, 11) is 0. The summed E-state index contributed by atoms with van der Waals surface area (Å²) in [6, 6.07) is 9.81. The summed E-state index contributed by atoms with van der Waals surface area (Å²) in [5.41, 5.74) is 5.99. The number of carbonyl (C=O) groups is 1. The van der Waals surface area contributed by atoms with E-state index in [0.717, 1.165) is 31.6 Å². The zero-order valence-electron chi connectivity index (χ0n) is 12.1. The van der Waals surface area contributed by atoms with E-state index in [1.165, 1.54) is 0 Å². The number of nitrogens with zero attached hydrogens (tertiary/aromatic N) is 1. The SMILES string of the molecule is CC(N)C1CCCCN1C(=O)CCOc1ccccc1. The van der Waals surface area contributed by atoms with Gasteiger partial charge in [0.25, 0.3) is 0 Å². The average molecular weight is 276 g/mol. The van der Waals surface area contributed by atoms with Gasteiger partial charge in [-0.1, -0.05) is 18.2 Å². The second kappa shape index (κ2) is 7.29. The lowest BCUT2D eigenvalue weighted by Gasteiger charge is -2.38. The Morgan fingerprint density at radius 1 is 1.40 bits per heavy atom. The van der Waals surface area contributed by atoms with Crippen molar-refractivity contribution in [1.82, 2.24) is 4.90 Å². The Morgan fingerprint density at radius 3 is 2.85 bits per heavy atom. The molecule has 4 nitrogen and oxygen atoms in total. The maximum Gasteiger partial charge on any atom is 0.226 e. The number of piperidine rings is 1. The van der Waals surface area contributed by atoms with Crippen LogP contribution in [0, 0.1) is 0 Å². The van der Waals surface area contributed by atoms with E-state index in [-0.39, 0.29) is 18.0 Å². The van der Waals surface area contributed by atoms with Gasteiger partial charge >= 0.3 is 0 Å². The third kappa shape index (κ3) is 3.97. The van der Waals surface area contributed by atoms with E-state index in [9.17, 15) is 4.79 Å². The average Bonchev–Trinajstić information content (AvgIpc) is 2.48. The maximum atomic E-state index is 12.3. The van der Waals surface area contributed by atoms with Gasteiger partial charge in [-0.25, -0.2) is 0 Å². The number of likely N-dealkylation sites (tertiary alicyclic amines) is 1. The van der Waals surface area contributed by atoms with Gasteiger partial charge in [-0.2, -0.15) is 0 Å². The molecule has 0 aromatic heterocycles. The molecule has 2 N–H and O–H groups in total. The van der Waals surface area contributed by atoms with Gasteiger partial charge in [0.15, 0.2) is 0 Å². The molecule has 1 heterocycles. The van der Waals surface area contributed by atoms with Crippen LogP contribution in [0.25, 0.3) is 0 Å². The number of amides is 1. The summed E-state index contributed by atoms with van der Waals surface area (Å²) in [6.45, 7) is 3.23. The van der Waals surface area contributed by atoms with Crippen LogP contribution in [0.3, 0.4) is 0 Å². The standard InChI is InChI=1S/C16H24N2O2/c1-13(17)15-9-5-6-11-18(15)16(19)10-12-20-14-7-3-2-4-8-14/h2-4,7-8,13,15H,5-6,9-12,17H2,1H3. The highest BCUT2D eigenvalue weighted by molar-refractivity contribution is 5.76. The van der Waals surface area contributed by atoms with Crippen LogP contribution in [0.1, 0.15) is 32.6 Å². The van der Waals surface area contributed by atoms with Gasteiger partial charge in [0.2, 0.25) is 5.91 Å². The second-order valence-corrected chi connectivity index (χ2v) is 5.42. The largest absolute Gasteiger partial charge is 0.493 e. The highest BCUT2D eigenvalue weighted by Gasteiger charge is 2.28. The Labute approximate surface area is 120 Å². The van der Waals surface area contributed by atoms with E-state index in [0.29, 0.717) is 13.0 Å². The molecule has 20 heavy (non-hydrogen) atoms. The van der Waals surface area contributed by atoms with E-state index in [2.05, 4.69) is 0 Å². The Balaban J connectivity index is 1.81. The van der Waals surface area contributed by atoms with Crippen LogP contribution in [-0.4, -0.2) is 36.0 Å². The zero-order chi connectivity index (χ0) is 14.4. The van der Waals surface area contributed by atoms with Crippen molar-refractivity contribution in [3.8, 4) is 5.75 Å². The first kappa shape index (κ1) is 14.9.